The molecule has 0 unspecified atom stereocenters. The van der Waals surface area contributed by atoms with E-state index >= 15 is 0 Å². The van der Waals surface area contributed by atoms with Crippen LogP contribution >= 0.6 is 0 Å². The molecular formula is C12H14N4O. The molecule has 1 aliphatic carbocycles. The largest absolute Gasteiger partial charge is 0.384 e. The van der Waals surface area contributed by atoms with Crippen molar-refractivity contribution in [1.82, 2.24) is 14.1 Å². The second-order valence-electron chi connectivity index (χ2n) is 4.44. The van der Waals surface area contributed by atoms with Gasteiger partial charge in [0.1, 0.15) is 5.82 Å². The minimum absolute atomic E-state index is 0.0582. The van der Waals surface area contributed by atoms with Crippen LogP contribution in [0.1, 0.15) is 24.4 Å². The first kappa shape index (κ1) is 10.1. The highest BCUT2D eigenvalue weighted by Gasteiger charge is 2.25. The average molecular weight is 230 g/mol. The maximum atomic E-state index is 12.0. The van der Waals surface area contributed by atoms with Crippen molar-refractivity contribution in [3.8, 4) is 0 Å². The van der Waals surface area contributed by atoms with E-state index in [1.807, 2.05) is 23.0 Å². The molecule has 1 aliphatic rings. The summed E-state index contributed by atoms with van der Waals surface area (Å²) in [6.07, 6.45) is 7.59. The van der Waals surface area contributed by atoms with Crippen LogP contribution in [0.5, 0.6) is 0 Å². The molecule has 2 aromatic rings. The van der Waals surface area contributed by atoms with Crippen molar-refractivity contribution in [3.63, 3.8) is 0 Å². The lowest BCUT2D eigenvalue weighted by Gasteiger charge is -2.02. The van der Waals surface area contributed by atoms with E-state index in [2.05, 4.69) is 4.98 Å². The Balaban J connectivity index is 1.88. The second-order valence-corrected chi connectivity index (χ2v) is 4.44. The molecule has 2 aromatic heterocycles. The number of aromatic nitrogens is 3. The van der Waals surface area contributed by atoms with Gasteiger partial charge in [-0.2, -0.15) is 0 Å². The van der Waals surface area contributed by atoms with Crippen molar-refractivity contribution >= 4 is 5.82 Å². The number of nitrogen functional groups attached to an aromatic ring is 1. The Morgan fingerprint density at radius 2 is 2.24 bits per heavy atom. The molecule has 0 amide bonds. The number of rotatable bonds is 3. The zero-order valence-electron chi connectivity index (χ0n) is 9.41. The van der Waals surface area contributed by atoms with Crippen LogP contribution in [0.3, 0.4) is 0 Å². The van der Waals surface area contributed by atoms with Gasteiger partial charge in [-0.15, -0.1) is 0 Å². The van der Waals surface area contributed by atoms with E-state index in [0.29, 0.717) is 18.4 Å². The van der Waals surface area contributed by atoms with E-state index in [4.69, 9.17) is 5.73 Å². The van der Waals surface area contributed by atoms with Crippen molar-refractivity contribution in [2.45, 2.75) is 25.4 Å². The molecule has 1 saturated carbocycles. The van der Waals surface area contributed by atoms with Crippen LogP contribution in [-0.4, -0.2) is 14.1 Å². The maximum Gasteiger partial charge on any atom is 0.328 e. The third-order valence-electron chi connectivity index (χ3n) is 3.01. The molecule has 5 heteroatoms. The number of hydrogen-bond donors (Lipinski definition) is 1. The highest BCUT2D eigenvalue weighted by molar-refractivity contribution is 5.31. The quantitative estimate of drug-likeness (QED) is 0.855. The molecule has 0 radical (unpaired) electrons. The average Bonchev–Trinajstić information content (AvgIpc) is 3.07. The van der Waals surface area contributed by atoms with Crippen LogP contribution in [0.15, 0.2) is 35.5 Å². The molecule has 0 aliphatic heterocycles. The molecule has 17 heavy (non-hydrogen) atoms. The SMILES string of the molecule is Nc1cc(Cn2ccn(C3CC3)c2=O)ccn1. The van der Waals surface area contributed by atoms with Crippen LogP contribution in [0.25, 0.3) is 0 Å². The van der Waals surface area contributed by atoms with Gasteiger partial charge in [0.2, 0.25) is 0 Å². The van der Waals surface area contributed by atoms with E-state index in [0.717, 1.165) is 18.4 Å². The highest BCUT2D eigenvalue weighted by atomic mass is 16.1. The highest BCUT2D eigenvalue weighted by Crippen LogP contribution is 2.33. The molecule has 88 valence electrons. The fourth-order valence-electron chi connectivity index (χ4n) is 1.97. The van der Waals surface area contributed by atoms with Gasteiger partial charge in [0.05, 0.1) is 6.54 Å². The summed E-state index contributed by atoms with van der Waals surface area (Å²) in [6, 6.07) is 4.09. The van der Waals surface area contributed by atoms with Crippen LogP contribution < -0.4 is 11.4 Å². The summed E-state index contributed by atoms with van der Waals surface area (Å²) in [5, 5.41) is 0. The molecule has 2 heterocycles. The van der Waals surface area contributed by atoms with Gasteiger partial charge < -0.3 is 5.73 Å². The maximum absolute atomic E-state index is 12.0. The van der Waals surface area contributed by atoms with Gasteiger partial charge in [0.25, 0.3) is 0 Å². The van der Waals surface area contributed by atoms with Crippen LogP contribution in [0.2, 0.25) is 0 Å². The third kappa shape index (κ3) is 1.95. The molecule has 2 N–H and O–H groups in total. The summed E-state index contributed by atoms with van der Waals surface area (Å²) in [7, 11) is 0. The first-order chi connectivity index (χ1) is 8.24. The summed E-state index contributed by atoms with van der Waals surface area (Å²) >= 11 is 0. The van der Waals surface area contributed by atoms with E-state index in [-0.39, 0.29) is 5.69 Å². The van der Waals surface area contributed by atoms with E-state index in [9.17, 15) is 4.79 Å². The molecule has 3 rings (SSSR count). The van der Waals surface area contributed by atoms with Crippen LogP contribution in [0, 0.1) is 0 Å². The molecule has 0 bridgehead atoms. The Kier molecular flexibility index (Phi) is 2.24. The fraction of sp³-hybridized carbons (Fsp3) is 0.333. The third-order valence-corrected chi connectivity index (χ3v) is 3.01. The second kappa shape index (κ2) is 3.76. The smallest absolute Gasteiger partial charge is 0.328 e. The normalized spacial score (nSPS) is 15.1. The first-order valence-corrected chi connectivity index (χ1v) is 5.72. The van der Waals surface area contributed by atoms with Gasteiger partial charge in [-0.05, 0) is 30.5 Å². The molecule has 0 saturated heterocycles. The topological polar surface area (TPSA) is 65.8 Å². The van der Waals surface area contributed by atoms with Gasteiger partial charge in [-0.25, -0.2) is 9.78 Å². The minimum Gasteiger partial charge on any atom is -0.384 e. The standard InChI is InChI=1S/C12H14N4O/c13-11-7-9(3-4-14-11)8-15-5-6-16(12(15)17)10-1-2-10/h3-7,10H,1-2,8H2,(H2,13,14). The van der Waals surface area contributed by atoms with Crippen molar-refractivity contribution in [2.24, 2.45) is 0 Å². The summed E-state index contributed by atoms with van der Waals surface area (Å²) in [6.45, 7) is 0.547. The van der Waals surface area contributed by atoms with Crippen molar-refractivity contribution in [1.29, 1.82) is 0 Å². The monoisotopic (exact) mass is 230 g/mol. The predicted molar refractivity (Wildman–Crippen MR) is 64.7 cm³/mol. The molecule has 5 nitrogen and oxygen atoms in total. The van der Waals surface area contributed by atoms with Crippen molar-refractivity contribution in [3.05, 3.63) is 46.8 Å². The molecule has 0 atom stereocenters. The first-order valence-electron chi connectivity index (χ1n) is 5.72. The Hall–Kier alpha value is -2.04. The summed E-state index contributed by atoms with van der Waals surface area (Å²) < 4.78 is 3.51. The summed E-state index contributed by atoms with van der Waals surface area (Å²) in [4.78, 5) is 16.0. The summed E-state index contributed by atoms with van der Waals surface area (Å²) in [5.41, 5.74) is 6.66. The number of nitrogens with zero attached hydrogens (tertiary/aromatic N) is 3. The minimum atomic E-state index is 0.0582. The number of nitrogens with two attached hydrogens (primary N) is 1. The fourth-order valence-corrected chi connectivity index (χ4v) is 1.97. The Morgan fingerprint density at radius 3 is 2.94 bits per heavy atom. The molecule has 0 aromatic carbocycles. The van der Waals surface area contributed by atoms with E-state index in [1.165, 1.54) is 0 Å². The number of pyridine rings is 1. The van der Waals surface area contributed by atoms with Gasteiger partial charge in [-0.1, -0.05) is 0 Å². The van der Waals surface area contributed by atoms with Gasteiger partial charge >= 0.3 is 5.69 Å². The van der Waals surface area contributed by atoms with E-state index in [1.54, 1.807) is 16.8 Å². The molecule has 1 fully saturated rings. The summed E-state index contributed by atoms with van der Waals surface area (Å²) in [5.74, 6) is 0.483. The number of anilines is 1. The number of imidazole rings is 1. The zero-order chi connectivity index (χ0) is 11.8. The Morgan fingerprint density at radius 1 is 1.41 bits per heavy atom. The zero-order valence-corrected chi connectivity index (χ0v) is 9.41. The van der Waals surface area contributed by atoms with Gasteiger partial charge in [-0.3, -0.25) is 9.13 Å². The molecule has 0 spiro atoms. The van der Waals surface area contributed by atoms with E-state index < -0.39 is 0 Å². The Bertz CT molecular complexity index is 595. The van der Waals surface area contributed by atoms with Crippen molar-refractivity contribution < 1.29 is 0 Å². The number of hydrogen-bond acceptors (Lipinski definition) is 3. The molecular weight excluding hydrogens is 216 g/mol. The van der Waals surface area contributed by atoms with Gasteiger partial charge in [0, 0.05) is 24.6 Å². The Labute approximate surface area is 98.5 Å². The van der Waals surface area contributed by atoms with Crippen molar-refractivity contribution in [2.75, 3.05) is 5.73 Å². The van der Waals surface area contributed by atoms with Gasteiger partial charge in [0.15, 0.2) is 0 Å². The lowest BCUT2D eigenvalue weighted by Crippen LogP contribution is -2.23. The lowest BCUT2D eigenvalue weighted by atomic mass is 10.2. The van der Waals surface area contributed by atoms with Crippen LogP contribution in [0.4, 0.5) is 5.82 Å². The predicted octanol–water partition coefficient (Wildman–Crippen LogP) is 1.01. The lowest BCUT2D eigenvalue weighted by molar-refractivity contribution is 0.656. The van der Waals surface area contributed by atoms with Crippen LogP contribution in [-0.2, 0) is 6.54 Å².